The molecular weight excluding hydrogens is 184 g/mol. The predicted octanol–water partition coefficient (Wildman–Crippen LogP) is 2.42. The van der Waals surface area contributed by atoms with E-state index >= 15 is 0 Å². The van der Waals surface area contributed by atoms with Gasteiger partial charge in [-0.15, -0.1) is 0 Å². The molecule has 15 heavy (non-hydrogen) atoms. The quantitative estimate of drug-likeness (QED) is 0.819. The average molecular weight is 206 g/mol. The number of nitrogens with two attached hydrogens (primary N) is 1. The highest BCUT2D eigenvalue weighted by Crippen LogP contribution is 2.30. The maximum atomic E-state index is 6.34. The van der Waals surface area contributed by atoms with Gasteiger partial charge in [0.05, 0.1) is 0 Å². The second-order valence-electron chi connectivity index (χ2n) is 4.49. The Kier molecular flexibility index (Phi) is 3.89. The first-order chi connectivity index (χ1) is 7.02. The van der Waals surface area contributed by atoms with E-state index in [1.165, 1.54) is 5.56 Å². The lowest BCUT2D eigenvalue weighted by atomic mass is 9.84. The summed E-state index contributed by atoms with van der Waals surface area (Å²) in [5, 5.41) is 0. The first kappa shape index (κ1) is 12.2. The molecule has 0 aromatic heterocycles. The van der Waals surface area contributed by atoms with Crippen LogP contribution < -0.4 is 5.73 Å². The largest absolute Gasteiger partial charge is 0.322 e. The molecule has 0 saturated carbocycles. The van der Waals surface area contributed by atoms with Crippen molar-refractivity contribution in [1.82, 2.24) is 4.90 Å². The fourth-order valence-electron chi connectivity index (χ4n) is 1.83. The van der Waals surface area contributed by atoms with Crippen LogP contribution >= 0.6 is 0 Å². The van der Waals surface area contributed by atoms with Crippen molar-refractivity contribution >= 4 is 0 Å². The van der Waals surface area contributed by atoms with Crippen molar-refractivity contribution in [3.8, 4) is 0 Å². The minimum atomic E-state index is 0.0152. The van der Waals surface area contributed by atoms with Gasteiger partial charge in [-0.3, -0.25) is 0 Å². The molecule has 0 aliphatic heterocycles. The van der Waals surface area contributed by atoms with Crippen molar-refractivity contribution < 1.29 is 0 Å². The highest BCUT2D eigenvalue weighted by molar-refractivity contribution is 5.22. The van der Waals surface area contributed by atoms with Gasteiger partial charge < -0.3 is 10.6 Å². The molecule has 1 rings (SSSR count). The van der Waals surface area contributed by atoms with Crippen LogP contribution in [0.1, 0.15) is 31.9 Å². The van der Waals surface area contributed by atoms with E-state index in [1.54, 1.807) is 0 Å². The average Bonchev–Trinajstić information content (AvgIpc) is 2.28. The van der Waals surface area contributed by atoms with E-state index in [9.17, 15) is 0 Å². The molecule has 84 valence electrons. The van der Waals surface area contributed by atoms with E-state index in [1.807, 2.05) is 18.2 Å². The smallest absolute Gasteiger partial charge is 0.0479 e. The van der Waals surface area contributed by atoms with E-state index in [0.29, 0.717) is 0 Å². The van der Waals surface area contributed by atoms with Crippen molar-refractivity contribution in [2.75, 3.05) is 14.1 Å². The summed E-state index contributed by atoms with van der Waals surface area (Å²) in [7, 11) is 4.18. The molecule has 0 radical (unpaired) electrons. The summed E-state index contributed by atoms with van der Waals surface area (Å²) in [4.78, 5) is 2.21. The second-order valence-corrected chi connectivity index (χ2v) is 4.49. The van der Waals surface area contributed by atoms with E-state index in [2.05, 4.69) is 45.0 Å². The topological polar surface area (TPSA) is 29.3 Å². The molecular formula is C13H22N2. The Morgan fingerprint density at radius 3 is 2.20 bits per heavy atom. The van der Waals surface area contributed by atoms with Crippen LogP contribution in [0.4, 0.5) is 0 Å². The van der Waals surface area contributed by atoms with Crippen LogP contribution in [0.2, 0.25) is 0 Å². The van der Waals surface area contributed by atoms with Gasteiger partial charge in [0.15, 0.2) is 0 Å². The molecule has 1 aromatic rings. The summed E-state index contributed by atoms with van der Waals surface area (Å²) in [5.74, 6) is 0. The Balaban J connectivity index is 2.97. The van der Waals surface area contributed by atoms with Crippen molar-refractivity contribution in [3.63, 3.8) is 0 Å². The van der Waals surface area contributed by atoms with Crippen molar-refractivity contribution in [3.05, 3.63) is 35.9 Å². The van der Waals surface area contributed by atoms with Gasteiger partial charge >= 0.3 is 0 Å². The number of rotatable bonds is 4. The van der Waals surface area contributed by atoms with Gasteiger partial charge in [0.2, 0.25) is 0 Å². The summed E-state index contributed by atoms with van der Waals surface area (Å²) in [6.07, 6.45) is 1.04. The molecule has 0 unspecified atom stereocenters. The lowest BCUT2D eigenvalue weighted by Crippen LogP contribution is -2.49. The van der Waals surface area contributed by atoms with E-state index in [-0.39, 0.29) is 11.6 Å². The van der Waals surface area contributed by atoms with Crippen LogP contribution in [0, 0.1) is 0 Å². The maximum Gasteiger partial charge on any atom is 0.0479 e. The summed E-state index contributed by atoms with van der Waals surface area (Å²) in [5.41, 5.74) is 7.56. The molecule has 0 spiro atoms. The maximum absolute atomic E-state index is 6.34. The third-order valence-electron chi connectivity index (χ3n) is 3.57. The van der Waals surface area contributed by atoms with Crippen LogP contribution in [0.25, 0.3) is 0 Å². The second kappa shape index (κ2) is 4.77. The SMILES string of the molecule is CC[C@](C)([C@H](N)c1ccccc1)N(C)C. The number of likely N-dealkylation sites (N-methyl/N-ethyl adjacent to an activating group) is 1. The molecule has 1 aromatic carbocycles. The summed E-state index contributed by atoms with van der Waals surface area (Å²) in [6.45, 7) is 4.40. The standard InChI is InChI=1S/C13H22N2/c1-5-13(2,15(3)4)12(14)11-9-7-6-8-10-11/h6-10,12H,5,14H2,1-4H3/t12-,13-/m1/s1. The minimum Gasteiger partial charge on any atom is -0.322 e. The fourth-order valence-corrected chi connectivity index (χ4v) is 1.83. The zero-order valence-corrected chi connectivity index (χ0v) is 10.2. The first-order valence-electron chi connectivity index (χ1n) is 5.50. The minimum absolute atomic E-state index is 0.0152. The number of hydrogen-bond acceptors (Lipinski definition) is 2. The van der Waals surface area contributed by atoms with Gasteiger partial charge in [0.25, 0.3) is 0 Å². The van der Waals surface area contributed by atoms with Crippen LogP contribution in [0.5, 0.6) is 0 Å². The van der Waals surface area contributed by atoms with Gasteiger partial charge in [-0.25, -0.2) is 0 Å². The van der Waals surface area contributed by atoms with Crippen LogP contribution in [-0.4, -0.2) is 24.5 Å². The van der Waals surface area contributed by atoms with Crippen molar-refractivity contribution in [2.45, 2.75) is 31.8 Å². The lowest BCUT2D eigenvalue weighted by molar-refractivity contribution is 0.132. The Morgan fingerprint density at radius 2 is 1.80 bits per heavy atom. The van der Waals surface area contributed by atoms with Gasteiger partial charge in [-0.2, -0.15) is 0 Å². The van der Waals surface area contributed by atoms with Gasteiger partial charge in [0.1, 0.15) is 0 Å². The summed E-state index contributed by atoms with van der Waals surface area (Å²) < 4.78 is 0. The number of hydrogen-bond donors (Lipinski definition) is 1. The number of nitrogens with zero attached hydrogens (tertiary/aromatic N) is 1. The Bertz CT molecular complexity index is 295. The summed E-state index contributed by atoms with van der Waals surface area (Å²) in [6, 6.07) is 10.4. The van der Waals surface area contributed by atoms with Crippen molar-refractivity contribution in [1.29, 1.82) is 0 Å². The molecule has 0 heterocycles. The summed E-state index contributed by atoms with van der Waals surface area (Å²) >= 11 is 0. The monoisotopic (exact) mass is 206 g/mol. The molecule has 2 nitrogen and oxygen atoms in total. The van der Waals surface area contributed by atoms with Gasteiger partial charge in [-0.1, -0.05) is 37.3 Å². The van der Waals surface area contributed by atoms with E-state index < -0.39 is 0 Å². The molecule has 0 bridgehead atoms. The highest BCUT2D eigenvalue weighted by atomic mass is 15.2. The Labute approximate surface area is 93.1 Å². The van der Waals surface area contributed by atoms with E-state index in [0.717, 1.165) is 6.42 Å². The first-order valence-corrected chi connectivity index (χ1v) is 5.50. The molecule has 0 aliphatic rings. The molecule has 0 fully saturated rings. The van der Waals surface area contributed by atoms with Gasteiger partial charge in [-0.05, 0) is 33.0 Å². The Morgan fingerprint density at radius 1 is 1.27 bits per heavy atom. The third kappa shape index (κ3) is 2.39. The molecule has 0 aliphatic carbocycles. The molecule has 2 heteroatoms. The molecule has 0 amide bonds. The predicted molar refractivity (Wildman–Crippen MR) is 65.8 cm³/mol. The normalized spacial score (nSPS) is 17.5. The zero-order valence-electron chi connectivity index (χ0n) is 10.2. The van der Waals surface area contributed by atoms with Crippen LogP contribution in [-0.2, 0) is 0 Å². The zero-order chi connectivity index (χ0) is 11.5. The highest BCUT2D eigenvalue weighted by Gasteiger charge is 2.32. The lowest BCUT2D eigenvalue weighted by Gasteiger charge is -2.41. The van der Waals surface area contributed by atoms with Crippen molar-refractivity contribution in [2.24, 2.45) is 5.73 Å². The Hall–Kier alpha value is -0.860. The van der Waals surface area contributed by atoms with Gasteiger partial charge in [0, 0.05) is 11.6 Å². The fraction of sp³-hybridized carbons (Fsp3) is 0.538. The molecule has 2 atom stereocenters. The van der Waals surface area contributed by atoms with E-state index in [4.69, 9.17) is 5.73 Å². The number of benzene rings is 1. The van der Waals surface area contributed by atoms with Crippen LogP contribution in [0.3, 0.4) is 0 Å². The third-order valence-corrected chi connectivity index (χ3v) is 3.57. The molecule has 2 N–H and O–H groups in total. The van der Waals surface area contributed by atoms with Crippen LogP contribution in [0.15, 0.2) is 30.3 Å². The molecule has 0 saturated heterocycles.